The molecule has 2 aliphatic rings. The minimum absolute atomic E-state index is 0.113. The van der Waals surface area contributed by atoms with E-state index in [4.69, 9.17) is 0 Å². The summed E-state index contributed by atoms with van der Waals surface area (Å²) in [6.07, 6.45) is 1.67. The molecule has 2 rings (SSSR count). The first-order chi connectivity index (χ1) is 9.66. The van der Waals surface area contributed by atoms with Crippen LogP contribution in [0.1, 0.15) is 20.3 Å². The van der Waals surface area contributed by atoms with Crippen LogP contribution in [-0.4, -0.2) is 59.0 Å². The molecule has 0 aliphatic carbocycles. The topological polar surface area (TPSA) is 118 Å². The van der Waals surface area contributed by atoms with Crippen molar-refractivity contribution in [2.75, 3.05) is 6.61 Å². The van der Waals surface area contributed by atoms with Crippen molar-refractivity contribution in [3.63, 3.8) is 0 Å². The van der Waals surface area contributed by atoms with Gasteiger partial charge in [0.2, 0.25) is 5.91 Å². The zero-order valence-corrected chi connectivity index (χ0v) is 12.3. The molecule has 2 fully saturated rings. The Hall–Kier alpha value is -1.90. The van der Waals surface area contributed by atoms with Gasteiger partial charge in [0.15, 0.2) is 15.9 Å². The van der Waals surface area contributed by atoms with Crippen molar-refractivity contribution in [2.45, 2.75) is 36.4 Å². The number of carbonyl (C=O) groups is 3. The van der Waals surface area contributed by atoms with E-state index in [-0.39, 0.29) is 13.0 Å². The number of hydrogen-bond donors (Lipinski definition) is 1. The normalized spacial score (nSPS) is 33.6. The number of amides is 1. The van der Waals surface area contributed by atoms with Crippen molar-refractivity contribution in [3.05, 3.63) is 12.2 Å². The predicted molar refractivity (Wildman–Crippen MR) is 69.8 cm³/mol. The summed E-state index contributed by atoms with van der Waals surface area (Å²) in [7, 11) is -3.94. The fourth-order valence-corrected chi connectivity index (χ4v) is 4.94. The van der Waals surface area contributed by atoms with Crippen LogP contribution >= 0.6 is 0 Å². The number of β-lactam (4-membered cyclic amide) rings is 1. The lowest BCUT2D eigenvalue weighted by Crippen LogP contribution is -2.57. The van der Waals surface area contributed by atoms with Crippen molar-refractivity contribution < 1.29 is 32.6 Å². The molecular formula is C12H15NO7S. The number of sulfone groups is 1. The Kier molecular flexibility index (Phi) is 3.56. The Morgan fingerprint density at radius 3 is 2.62 bits per heavy atom. The summed E-state index contributed by atoms with van der Waals surface area (Å²) in [6, 6.07) is -1.54. The number of carboxylic acids is 1. The zero-order valence-electron chi connectivity index (χ0n) is 11.5. The van der Waals surface area contributed by atoms with Crippen molar-refractivity contribution in [3.8, 4) is 0 Å². The highest BCUT2D eigenvalue weighted by Gasteiger charge is 2.69. The predicted octanol–water partition coefficient (Wildman–Crippen LogP) is -0.696. The molecule has 0 spiro atoms. The molecule has 0 bridgehead atoms. The maximum absolute atomic E-state index is 12.4. The van der Waals surface area contributed by atoms with Crippen molar-refractivity contribution in [1.29, 1.82) is 0 Å². The molecule has 8 nitrogen and oxygen atoms in total. The smallest absolute Gasteiger partial charge is 0.330 e. The van der Waals surface area contributed by atoms with Crippen LogP contribution in [0.15, 0.2) is 12.2 Å². The number of nitrogens with zero attached hydrogens (tertiary/aromatic N) is 1. The molecule has 21 heavy (non-hydrogen) atoms. The van der Waals surface area contributed by atoms with Crippen LogP contribution in [0.5, 0.6) is 0 Å². The van der Waals surface area contributed by atoms with E-state index >= 15 is 0 Å². The van der Waals surface area contributed by atoms with E-state index in [0.717, 1.165) is 17.1 Å². The van der Waals surface area contributed by atoms with Gasteiger partial charge in [-0.05, 0) is 13.8 Å². The van der Waals surface area contributed by atoms with E-state index in [1.54, 1.807) is 6.92 Å². The molecule has 2 heterocycles. The molecule has 116 valence electrons. The number of rotatable bonds is 4. The zero-order chi connectivity index (χ0) is 16.0. The summed E-state index contributed by atoms with van der Waals surface area (Å²) >= 11 is 0. The van der Waals surface area contributed by atoms with E-state index in [0.29, 0.717) is 0 Å². The van der Waals surface area contributed by atoms with Gasteiger partial charge in [-0.3, -0.25) is 4.79 Å². The minimum Gasteiger partial charge on any atom is -0.480 e. The third-order valence-electron chi connectivity index (χ3n) is 3.81. The molecule has 0 aromatic heterocycles. The molecule has 9 heteroatoms. The van der Waals surface area contributed by atoms with Gasteiger partial charge in [-0.2, -0.15) is 0 Å². The molecule has 2 saturated heterocycles. The Morgan fingerprint density at radius 1 is 1.52 bits per heavy atom. The monoisotopic (exact) mass is 317 g/mol. The second-order valence-electron chi connectivity index (χ2n) is 5.01. The number of ether oxygens (including phenoxy) is 1. The SMILES string of the molecule is CCOC(=O)/C=C/[C@@]1(C)[C@H](C(=O)O)N2C(=O)C[C@H]2S1(=O)=O. The van der Waals surface area contributed by atoms with Crippen LogP contribution in [0.3, 0.4) is 0 Å². The van der Waals surface area contributed by atoms with E-state index in [2.05, 4.69) is 4.74 Å². The number of fused-ring (bicyclic) bond motifs is 1. The Labute approximate surface area is 121 Å². The summed E-state index contributed by atoms with van der Waals surface area (Å²) in [5.41, 5.74) is 0. The summed E-state index contributed by atoms with van der Waals surface area (Å²) < 4.78 is 27.7. The molecule has 0 aromatic carbocycles. The van der Waals surface area contributed by atoms with Gasteiger partial charge in [0, 0.05) is 6.08 Å². The van der Waals surface area contributed by atoms with Crippen LogP contribution < -0.4 is 0 Å². The van der Waals surface area contributed by atoms with E-state index in [9.17, 15) is 27.9 Å². The van der Waals surface area contributed by atoms with Gasteiger partial charge in [-0.15, -0.1) is 0 Å². The van der Waals surface area contributed by atoms with Crippen LogP contribution in [-0.2, 0) is 29.0 Å². The maximum atomic E-state index is 12.4. The van der Waals surface area contributed by atoms with Gasteiger partial charge in [0.05, 0.1) is 13.0 Å². The molecule has 2 aliphatic heterocycles. The first-order valence-corrected chi connectivity index (χ1v) is 7.85. The van der Waals surface area contributed by atoms with Gasteiger partial charge in [0.25, 0.3) is 0 Å². The Bertz CT molecular complexity index is 638. The number of carboxylic acid groups (broad SMARTS) is 1. The lowest BCUT2D eigenvalue weighted by molar-refractivity contribution is -0.157. The van der Waals surface area contributed by atoms with Crippen LogP contribution in [0.25, 0.3) is 0 Å². The fourth-order valence-electron chi connectivity index (χ4n) is 2.67. The minimum atomic E-state index is -3.94. The summed E-state index contributed by atoms with van der Waals surface area (Å²) in [6.45, 7) is 2.90. The lowest BCUT2D eigenvalue weighted by Gasteiger charge is -2.35. The number of esters is 1. The third kappa shape index (κ3) is 2.03. The molecule has 3 atom stereocenters. The average Bonchev–Trinajstić information content (AvgIpc) is 2.52. The van der Waals surface area contributed by atoms with Crippen LogP contribution in [0.4, 0.5) is 0 Å². The Morgan fingerprint density at radius 2 is 2.14 bits per heavy atom. The second kappa shape index (κ2) is 4.83. The number of aliphatic carboxylic acids is 1. The van der Waals surface area contributed by atoms with Gasteiger partial charge in [-0.1, -0.05) is 6.08 Å². The van der Waals surface area contributed by atoms with E-state index in [1.165, 1.54) is 6.92 Å². The summed E-state index contributed by atoms with van der Waals surface area (Å²) in [5.74, 6) is -2.71. The molecular weight excluding hydrogens is 302 g/mol. The second-order valence-corrected chi connectivity index (χ2v) is 7.53. The highest BCUT2D eigenvalue weighted by molar-refractivity contribution is 7.94. The third-order valence-corrected chi connectivity index (χ3v) is 6.51. The molecule has 1 N–H and O–H groups in total. The Balaban J connectivity index is 2.45. The highest BCUT2D eigenvalue weighted by Crippen LogP contribution is 2.46. The lowest BCUT2D eigenvalue weighted by atomic mass is 9.96. The van der Waals surface area contributed by atoms with Gasteiger partial charge in [-0.25, -0.2) is 18.0 Å². The van der Waals surface area contributed by atoms with Gasteiger partial charge >= 0.3 is 11.9 Å². The molecule has 0 radical (unpaired) electrons. The molecule has 0 unspecified atom stereocenters. The molecule has 0 aromatic rings. The van der Waals surface area contributed by atoms with Crippen molar-refractivity contribution in [1.82, 2.24) is 4.90 Å². The van der Waals surface area contributed by atoms with Gasteiger partial charge < -0.3 is 14.7 Å². The average molecular weight is 317 g/mol. The summed E-state index contributed by atoms with van der Waals surface area (Å²) in [4.78, 5) is 35.1. The van der Waals surface area contributed by atoms with Crippen molar-refractivity contribution in [2.24, 2.45) is 0 Å². The van der Waals surface area contributed by atoms with Crippen LogP contribution in [0.2, 0.25) is 0 Å². The first kappa shape index (κ1) is 15.5. The molecule has 1 amide bonds. The highest BCUT2D eigenvalue weighted by atomic mass is 32.2. The van der Waals surface area contributed by atoms with Gasteiger partial charge in [0.1, 0.15) is 10.1 Å². The number of carbonyl (C=O) groups excluding carboxylic acids is 2. The largest absolute Gasteiger partial charge is 0.480 e. The van der Waals surface area contributed by atoms with Crippen LogP contribution in [0, 0.1) is 0 Å². The fraction of sp³-hybridized carbons (Fsp3) is 0.583. The number of hydrogen-bond acceptors (Lipinski definition) is 6. The van der Waals surface area contributed by atoms with E-state index < -0.39 is 43.8 Å². The quantitative estimate of drug-likeness (QED) is 0.414. The van der Waals surface area contributed by atoms with E-state index in [1.807, 2.05) is 0 Å². The first-order valence-electron chi connectivity index (χ1n) is 6.30. The maximum Gasteiger partial charge on any atom is 0.330 e. The standard InChI is InChI=1S/C12H15NO7S/c1-3-20-9(15)4-5-12(2)10(11(16)17)13-7(14)6-8(13)21(12,18)19/h4-5,8,10H,3,6H2,1-2H3,(H,16,17)/b5-4+/t8-,10+,12+/m1/s1. The molecule has 0 saturated carbocycles. The summed E-state index contributed by atoms with van der Waals surface area (Å²) in [5, 5.41) is 8.14. The van der Waals surface area contributed by atoms with Crippen molar-refractivity contribution >= 4 is 27.7 Å².